The lowest BCUT2D eigenvalue weighted by Crippen LogP contribution is -2.39. The summed E-state index contributed by atoms with van der Waals surface area (Å²) in [4.78, 5) is 3.76. The highest BCUT2D eigenvalue weighted by atomic mass is 79.9. The zero-order chi connectivity index (χ0) is 11.5. The first-order valence-corrected chi connectivity index (χ1v) is 7.44. The topological polar surface area (TPSA) is 15.3 Å². The van der Waals surface area contributed by atoms with Crippen molar-refractivity contribution in [3.8, 4) is 0 Å². The maximum atomic E-state index is 3.57. The molecule has 0 saturated heterocycles. The van der Waals surface area contributed by atoms with Crippen molar-refractivity contribution in [2.75, 3.05) is 20.6 Å². The van der Waals surface area contributed by atoms with E-state index in [1.807, 2.05) is 11.3 Å². The van der Waals surface area contributed by atoms with E-state index in [-0.39, 0.29) is 12.4 Å². The summed E-state index contributed by atoms with van der Waals surface area (Å²) in [6.45, 7) is 2.10. The van der Waals surface area contributed by atoms with Crippen LogP contribution < -0.4 is 5.32 Å². The Bertz CT molecular complexity index is 337. The summed E-state index contributed by atoms with van der Waals surface area (Å²) < 4.78 is 1.20. The van der Waals surface area contributed by atoms with Crippen LogP contribution in [0.2, 0.25) is 0 Å². The quantitative estimate of drug-likeness (QED) is 0.855. The van der Waals surface area contributed by atoms with Gasteiger partial charge in [-0.1, -0.05) is 0 Å². The number of likely N-dealkylation sites (N-methyl/N-ethyl adjacent to an activating group) is 1. The first-order valence-electron chi connectivity index (χ1n) is 5.77. The van der Waals surface area contributed by atoms with Crippen LogP contribution in [-0.4, -0.2) is 31.6 Å². The summed E-state index contributed by atoms with van der Waals surface area (Å²) in [6, 6.07) is 2.91. The van der Waals surface area contributed by atoms with Gasteiger partial charge in [-0.25, -0.2) is 0 Å². The van der Waals surface area contributed by atoms with Crippen molar-refractivity contribution < 1.29 is 0 Å². The zero-order valence-electron chi connectivity index (χ0n) is 10.3. The van der Waals surface area contributed by atoms with Gasteiger partial charge in [0, 0.05) is 33.9 Å². The first kappa shape index (κ1) is 15.4. The lowest BCUT2D eigenvalue weighted by Gasteiger charge is -2.24. The minimum absolute atomic E-state index is 0. The van der Waals surface area contributed by atoms with Crippen LogP contribution in [0, 0.1) is 5.92 Å². The van der Waals surface area contributed by atoms with E-state index in [4.69, 9.17) is 0 Å². The molecule has 5 heteroatoms. The van der Waals surface area contributed by atoms with E-state index in [1.165, 1.54) is 22.2 Å². The van der Waals surface area contributed by atoms with Crippen LogP contribution in [0.15, 0.2) is 15.9 Å². The number of nitrogens with zero attached hydrogens (tertiary/aromatic N) is 1. The number of hydrogen-bond donors (Lipinski definition) is 1. The van der Waals surface area contributed by atoms with Crippen molar-refractivity contribution in [3.63, 3.8) is 0 Å². The highest BCUT2D eigenvalue weighted by Gasteiger charge is 2.31. The van der Waals surface area contributed by atoms with Crippen molar-refractivity contribution in [1.29, 1.82) is 0 Å². The molecule has 0 spiro atoms. The fourth-order valence-electron chi connectivity index (χ4n) is 2.04. The maximum Gasteiger partial charge on any atom is 0.0300 e. The van der Waals surface area contributed by atoms with Crippen molar-refractivity contribution in [2.24, 2.45) is 5.92 Å². The fraction of sp³-hybridized carbons (Fsp3) is 0.667. The largest absolute Gasteiger partial charge is 0.310 e. The van der Waals surface area contributed by atoms with Gasteiger partial charge in [0.15, 0.2) is 0 Å². The first-order chi connectivity index (χ1) is 7.66. The van der Waals surface area contributed by atoms with Crippen molar-refractivity contribution >= 4 is 39.7 Å². The third-order valence-electron chi connectivity index (χ3n) is 3.10. The molecule has 1 saturated carbocycles. The van der Waals surface area contributed by atoms with Crippen molar-refractivity contribution in [3.05, 3.63) is 20.8 Å². The molecular weight excluding hydrogens is 320 g/mol. The van der Waals surface area contributed by atoms with Gasteiger partial charge in [0.2, 0.25) is 0 Å². The summed E-state index contributed by atoms with van der Waals surface area (Å²) in [6.07, 6.45) is 2.82. The Hall–Kier alpha value is 0.390. The SMILES string of the molecule is CN(C)C(CNCc1cc(Br)cs1)C1CC1.Cl. The molecule has 1 atom stereocenters. The van der Waals surface area contributed by atoms with Gasteiger partial charge in [-0.2, -0.15) is 0 Å². The Morgan fingerprint density at radius 1 is 1.53 bits per heavy atom. The Morgan fingerprint density at radius 2 is 2.24 bits per heavy atom. The van der Waals surface area contributed by atoms with Gasteiger partial charge in [-0.05, 0) is 54.9 Å². The van der Waals surface area contributed by atoms with E-state index in [2.05, 4.69) is 51.7 Å². The number of thiophene rings is 1. The van der Waals surface area contributed by atoms with E-state index in [9.17, 15) is 0 Å². The lowest BCUT2D eigenvalue weighted by atomic mass is 10.1. The molecule has 1 aromatic rings. The van der Waals surface area contributed by atoms with E-state index in [1.54, 1.807) is 0 Å². The molecule has 98 valence electrons. The van der Waals surface area contributed by atoms with Gasteiger partial charge in [-0.3, -0.25) is 0 Å². The number of nitrogens with one attached hydrogen (secondary N) is 1. The monoisotopic (exact) mass is 338 g/mol. The van der Waals surface area contributed by atoms with Gasteiger partial charge in [0.1, 0.15) is 0 Å². The number of halogens is 2. The normalized spacial score (nSPS) is 16.9. The molecule has 1 aliphatic rings. The average Bonchev–Trinajstić information content (AvgIpc) is 2.97. The van der Waals surface area contributed by atoms with Crippen LogP contribution in [0.3, 0.4) is 0 Å². The van der Waals surface area contributed by atoms with Gasteiger partial charge in [-0.15, -0.1) is 23.7 Å². The van der Waals surface area contributed by atoms with Crippen LogP contribution in [0.1, 0.15) is 17.7 Å². The lowest BCUT2D eigenvalue weighted by molar-refractivity contribution is 0.255. The summed E-state index contributed by atoms with van der Waals surface area (Å²) >= 11 is 5.29. The Labute approximate surface area is 122 Å². The minimum atomic E-state index is 0. The second-order valence-electron chi connectivity index (χ2n) is 4.73. The molecule has 0 bridgehead atoms. The molecule has 1 fully saturated rings. The Kier molecular flexibility index (Phi) is 6.45. The predicted molar refractivity (Wildman–Crippen MR) is 81.2 cm³/mol. The van der Waals surface area contributed by atoms with Crippen LogP contribution in [0.25, 0.3) is 0 Å². The van der Waals surface area contributed by atoms with Gasteiger partial charge in [0.25, 0.3) is 0 Å². The maximum absolute atomic E-state index is 3.57. The minimum Gasteiger partial charge on any atom is -0.310 e. The predicted octanol–water partition coefficient (Wildman–Crippen LogP) is 3.36. The van der Waals surface area contributed by atoms with Crippen LogP contribution in [0.5, 0.6) is 0 Å². The molecule has 2 nitrogen and oxygen atoms in total. The zero-order valence-corrected chi connectivity index (χ0v) is 13.5. The molecule has 0 aliphatic heterocycles. The molecule has 1 unspecified atom stereocenters. The number of hydrogen-bond acceptors (Lipinski definition) is 3. The summed E-state index contributed by atoms with van der Waals surface area (Å²) in [5.74, 6) is 0.928. The van der Waals surface area contributed by atoms with Crippen molar-refractivity contribution in [1.82, 2.24) is 10.2 Å². The Balaban J connectivity index is 0.00000144. The van der Waals surface area contributed by atoms with Gasteiger partial charge >= 0.3 is 0 Å². The second kappa shape index (κ2) is 7.10. The van der Waals surface area contributed by atoms with Crippen LogP contribution >= 0.6 is 39.7 Å². The standard InChI is InChI=1S/C12H19BrN2S.ClH/c1-15(2)12(9-3-4-9)7-14-6-11-5-10(13)8-16-11;/h5,8-9,12,14H,3-4,6-7H2,1-2H3;1H. The Morgan fingerprint density at radius 3 is 2.71 bits per heavy atom. The molecule has 1 aromatic heterocycles. The van der Waals surface area contributed by atoms with Gasteiger partial charge < -0.3 is 10.2 Å². The van der Waals surface area contributed by atoms with Crippen LogP contribution in [-0.2, 0) is 6.54 Å². The van der Waals surface area contributed by atoms with E-state index < -0.39 is 0 Å². The average molecular weight is 340 g/mol. The number of rotatable bonds is 6. The molecule has 17 heavy (non-hydrogen) atoms. The molecule has 0 amide bonds. The fourth-order valence-corrected chi connectivity index (χ4v) is 3.46. The molecular formula is C12H20BrClN2S. The summed E-state index contributed by atoms with van der Waals surface area (Å²) in [5.41, 5.74) is 0. The highest BCUT2D eigenvalue weighted by Crippen LogP contribution is 2.34. The molecule has 0 aromatic carbocycles. The second-order valence-corrected chi connectivity index (χ2v) is 6.64. The summed E-state index contributed by atoms with van der Waals surface area (Å²) in [7, 11) is 4.37. The third kappa shape index (κ3) is 4.87. The van der Waals surface area contributed by atoms with E-state index in [0.717, 1.165) is 19.0 Å². The molecule has 1 aliphatic carbocycles. The summed E-state index contributed by atoms with van der Waals surface area (Å²) in [5, 5.41) is 5.71. The molecule has 1 heterocycles. The molecule has 0 radical (unpaired) electrons. The highest BCUT2D eigenvalue weighted by molar-refractivity contribution is 9.10. The van der Waals surface area contributed by atoms with Crippen molar-refractivity contribution in [2.45, 2.75) is 25.4 Å². The van der Waals surface area contributed by atoms with Gasteiger partial charge in [0.05, 0.1) is 0 Å². The molecule has 1 N–H and O–H groups in total. The smallest absolute Gasteiger partial charge is 0.0300 e. The van der Waals surface area contributed by atoms with Crippen LogP contribution in [0.4, 0.5) is 0 Å². The third-order valence-corrected chi connectivity index (χ3v) is 4.80. The molecule has 2 rings (SSSR count). The van der Waals surface area contributed by atoms with E-state index in [0.29, 0.717) is 6.04 Å². The van der Waals surface area contributed by atoms with E-state index >= 15 is 0 Å².